The van der Waals surface area contributed by atoms with Crippen molar-refractivity contribution in [2.24, 2.45) is 11.3 Å². The second-order valence-electron chi connectivity index (χ2n) is 9.59. The maximum absolute atomic E-state index is 15.1. The average molecular weight is 428 g/mol. The molecule has 0 spiro atoms. The lowest BCUT2D eigenvalue weighted by molar-refractivity contribution is 0.243. The number of halogens is 4. The molecule has 3 rings (SSSR count). The van der Waals surface area contributed by atoms with E-state index in [0.29, 0.717) is 29.0 Å². The van der Waals surface area contributed by atoms with E-state index in [1.54, 1.807) is 18.2 Å². The number of hydrogen-bond donors (Lipinski definition) is 1. The van der Waals surface area contributed by atoms with Crippen LogP contribution in [0, 0.1) is 17.2 Å². The molecule has 5 heteroatoms. The quantitative estimate of drug-likeness (QED) is 0.533. The molecule has 1 fully saturated rings. The summed E-state index contributed by atoms with van der Waals surface area (Å²) >= 11 is 12.2. The van der Waals surface area contributed by atoms with Gasteiger partial charge in [-0.15, -0.1) is 0 Å². The van der Waals surface area contributed by atoms with Gasteiger partial charge >= 0.3 is 0 Å². The molecule has 4 atom stereocenters. The summed E-state index contributed by atoms with van der Waals surface area (Å²) in [5.74, 6) is -0.880. The smallest absolute Gasteiger partial charge is 0.141 e. The van der Waals surface area contributed by atoms with Gasteiger partial charge in [-0.2, -0.15) is 0 Å². The van der Waals surface area contributed by atoms with Gasteiger partial charge in [0.05, 0.1) is 5.03 Å². The van der Waals surface area contributed by atoms with E-state index in [4.69, 9.17) is 23.2 Å². The highest BCUT2D eigenvalue weighted by Crippen LogP contribution is 2.52. The molecular formula is C23H29Cl2F2N. The summed E-state index contributed by atoms with van der Waals surface area (Å²) in [4.78, 5) is 0. The Bertz CT molecular complexity index is 824. The minimum Gasteiger partial charge on any atom is -0.310 e. The van der Waals surface area contributed by atoms with E-state index in [1.165, 1.54) is 6.07 Å². The topological polar surface area (TPSA) is 12.0 Å². The molecule has 1 aliphatic heterocycles. The van der Waals surface area contributed by atoms with Crippen molar-refractivity contribution < 1.29 is 8.78 Å². The molecule has 0 amide bonds. The van der Waals surface area contributed by atoms with Crippen LogP contribution in [0.15, 0.2) is 40.7 Å². The van der Waals surface area contributed by atoms with Crippen LogP contribution in [0.5, 0.6) is 0 Å². The van der Waals surface area contributed by atoms with E-state index < -0.39 is 5.41 Å². The van der Waals surface area contributed by atoms with Crippen LogP contribution in [0.25, 0.3) is 0 Å². The zero-order valence-electron chi connectivity index (χ0n) is 17.2. The fourth-order valence-electron chi connectivity index (χ4n) is 5.15. The molecule has 1 aromatic carbocycles. The van der Waals surface area contributed by atoms with Crippen molar-refractivity contribution in [3.63, 3.8) is 0 Å². The van der Waals surface area contributed by atoms with Crippen molar-refractivity contribution in [1.82, 2.24) is 5.32 Å². The molecular weight excluding hydrogens is 399 g/mol. The Morgan fingerprint density at radius 3 is 2.50 bits per heavy atom. The van der Waals surface area contributed by atoms with Gasteiger partial charge in [0.2, 0.25) is 0 Å². The van der Waals surface area contributed by atoms with E-state index in [0.717, 1.165) is 6.42 Å². The Balaban J connectivity index is 2.19. The third-order valence-electron chi connectivity index (χ3n) is 6.27. The molecule has 0 radical (unpaired) electrons. The van der Waals surface area contributed by atoms with Gasteiger partial charge in [-0.3, -0.25) is 0 Å². The maximum Gasteiger partial charge on any atom is 0.141 e. The lowest BCUT2D eigenvalue weighted by Crippen LogP contribution is -2.44. The first-order valence-electron chi connectivity index (χ1n) is 9.91. The van der Waals surface area contributed by atoms with Gasteiger partial charge in [-0.1, -0.05) is 63.0 Å². The number of rotatable bonds is 3. The predicted octanol–water partition coefficient (Wildman–Crippen LogP) is 7.29. The fraction of sp³-hybridized carbons (Fsp3) is 0.565. The van der Waals surface area contributed by atoms with E-state index in [2.05, 4.69) is 39.9 Å². The molecule has 1 heterocycles. The first-order chi connectivity index (χ1) is 12.9. The Kier molecular flexibility index (Phi) is 6.02. The molecule has 2 aliphatic rings. The summed E-state index contributed by atoms with van der Waals surface area (Å²) in [5.41, 5.74) is 0.690. The summed E-state index contributed by atoms with van der Waals surface area (Å²) in [6.07, 6.45) is 3.87. The number of allylic oxidation sites excluding steroid dienone is 3. The van der Waals surface area contributed by atoms with E-state index in [-0.39, 0.29) is 40.1 Å². The number of nitrogens with one attached hydrogen (secondary N) is 1. The van der Waals surface area contributed by atoms with Gasteiger partial charge in [0.25, 0.3) is 0 Å². The van der Waals surface area contributed by atoms with Crippen molar-refractivity contribution in [3.05, 3.63) is 57.1 Å². The van der Waals surface area contributed by atoms with Crippen LogP contribution in [0.2, 0.25) is 5.02 Å². The third-order valence-corrected chi connectivity index (χ3v) is 6.82. The Morgan fingerprint density at radius 1 is 1.21 bits per heavy atom. The molecule has 28 heavy (non-hydrogen) atoms. The standard InChI is InChI=1S/C23H29Cl2F2N/c1-13-20(15-7-6-8-17(25)21(15)27)23(5,19(28-13)12-22(2,3)4)16-10-9-14(24)11-18(16)26/h8-11,13,19-20,28H,6-7,12H2,1-5H3. The van der Waals surface area contributed by atoms with E-state index in [9.17, 15) is 0 Å². The summed E-state index contributed by atoms with van der Waals surface area (Å²) in [6.45, 7) is 10.6. The Morgan fingerprint density at radius 2 is 1.89 bits per heavy atom. The van der Waals surface area contributed by atoms with Crippen molar-refractivity contribution in [1.29, 1.82) is 0 Å². The SMILES string of the molecule is CC1NC(CC(C)(C)C)C(C)(c2ccc(Cl)cc2F)C1C1=C(F)C(Cl)=CCC1. The molecule has 4 unspecified atom stereocenters. The largest absolute Gasteiger partial charge is 0.310 e. The lowest BCUT2D eigenvalue weighted by Gasteiger charge is -2.41. The zero-order valence-corrected chi connectivity index (χ0v) is 18.7. The molecule has 1 nitrogen and oxygen atoms in total. The molecule has 0 saturated carbocycles. The molecule has 1 aromatic rings. The first kappa shape index (κ1) is 21.8. The van der Waals surface area contributed by atoms with Gasteiger partial charge in [0.15, 0.2) is 0 Å². The van der Waals surface area contributed by atoms with Crippen molar-refractivity contribution in [2.45, 2.75) is 71.4 Å². The van der Waals surface area contributed by atoms with Crippen LogP contribution in [-0.4, -0.2) is 12.1 Å². The van der Waals surface area contributed by atoms with Crippen LogP contribution in [-0.2, 0) is 5.41 Å². The summed E-state index contributed by atoms with van der Waals surface area (Å²) in [5, 5.41) is 4.20. The molecule has 1 aliphatic carbocycles. The maximum atomic E-state index is 15.1. The van der Waals surface area contributed by atoms with Gasteiger partial charge < -0.3 is 5.32 Å². The highest BCUT2D eigenvalue weighted by atomic mass is 35.5. The Labute approximate surface area is 177 Å². The van der Waals surface area contributed by atoms with E-state index >= 15 is 8.78 Å². The number of hydrogen-bond acceptors (Lipinski definition) is 1. The third kappa shape index (κ3) is 3.91. The highest BCUT2D eigenvalue weighted by molar-refractivity contribution is 6.31. The highest BCUT2D eigenvalue weighted by Gasteiger charge is 2.54. The van der Waals surface area contributed by atoms with Crippen LogP contribution >= 0.6 is 23.2 Å². The van der Waals surface area contributed by atoms with E-state index in [1.807, 2.05) is 0 Å². The normalized spacial score (nSPS) is 31.3. The molecule has 154 valence electrons. The van der Waals surface area contributed by atoms with Crippen LogP contribution < -0.4 is 5.32 Å². The van der Waals surface area contributed by atoms with Gasteiger partial charge in [0.1, 0.15) is 11.6 Å². The molecule has 0 aromatic heterocycles. The predicted molar refractivity (Wildman–Crippen MR) is 114 cm³/mol. The summed E-state index contributed by atoms with van der Waals surface area (Å²) < 4.78 is 30.2. The Hall–Kier alpha value is -0.900. The van der Waals surface area contributed by atoms with Crippen LogP contribution in [0.4, 0.5) is 8.78 Å². The zero-order chi connectivity index (χ0) is 20.9. The minimum atomic E-state index is -0.622. The molecule has 0 bridgehead atoms. The summed E-state index contributed by atoms with van der Waals surface area (Å²) in [7, 11) is 0. The number of benzene rings is 1. The summed E-state index contributed by atoms with van der Waals surface area (Å²) in [6, 6.07) is 4.83. The van der Waals surface area contributed by atoms with Gasteiger partial charge in [-0.05, 0) is 54.9 Å². The lowest BCUT2D eigenvalue weighted by atomic mass is 9.62. The first-order valence-corrected chi connectivity index (χ1v) is 10.7. The van der Waals surface area contributed by atoms with Gasteiger partial charge in [-0.25, -0.2) is 8.78 Å². The minimum absolute atomic E-state index is 0.00394. The average Bonchev–Trinajstić information content (AvgIpc) is 2.79. The second kappa shape index (κ2) is 7.74. The van der Waals surface area contributed by atoms with Crippen molar-refractivity contribution in [2.75, 3.05) is 0 Å². The van der Waals surface area contributed by atoms with Crippen LogP contribution in [0.1, 0.15) is 59.4 Å². The fourth-order valence-corrected chi connectivity index (χ4v) is 5.54. The van der Waals surface area contributed by atoms with Gasteiger partial charge in [0, 0.05) is 28.4 Å². The van der Waals surface area contributed by atoms with Crippen molar-refractivity contribution >= 4 is 23.2 Å². The monoisotopic (exact) mass is 427 g/mol. The molecule has 1 N–H and O–H groups in total. The van der Waals surface area contributed by atoms with Crippen LogP contribution in [0.3, 0.4) is 0 Å². The molecule has 1 saturated heterocycles. The second-order valence-corrected chi connectivity index (χ2v) is 10.4. The van der Waals surface area contributed by atoms with Crippen molar-refractivity contribution in [3.8, 4) is 0 Å².